The Morgan fingerprint density at radius 2 is 2.23 bits per heavy atom. The van der Waals surface area contributed by atoms with Gasteiger partial charge in [-0.3, -0.25) is 0 Å². The molecule has 0 heterocycles. The highest BCUT2D eigenvalue weighted by molar-refractivity contribution is 5.68. The number of nitrogens with zero attached hydrogens (tertiary/aromatic N) is 1. The van der Waals surface area contributed by atoms with Crippen molar-refractivity contribution in [1.29, 1.82) is 5.26 Å². The molecular weight excluding hydrogens is 172 g/mol. The third kappa shape index (κ3) is 7.09. The molecule has 0 aliphatic rings. The van der Waals surface area contributed by atoms with Crippen LogP contribution in [0.15, 0.2) is 0 Å². The van der Waals surface area contributed by atoms with E-state index in [1.807, 2.05) is 0 Å². The van der Waals surface area contributed by atoms with Crippen LogP contribution in [-0.2, 0) is 4.74 Å². The monoisotopic (exact) mass is 186 g/mol. The van der Waals surface area contributed by atoms with Crippen LogP contribution < -0.4 is 5.32 Å². The van der Waals surface area contributed by atoms with E-state index in [1.165, 1.54) is 6.07 Å². The minimum atomic E-state index is -1.26. The fourth-order valence-corrected chi connectivity index (χ4v) is 0.534. The molecule has 0 fully saturated rings. The van der Waals surface area contributed by atoms with E-state index in [9.17, 15) is 4.79 Å². The van der Waals surface area contributed by atoms with E-state index in [-0.39, 0.29) is 12.1 Å². The summed E-state index contributed by atoms with van der Waals surface area (Å²) in [6, 6.07) is 1.53. The van der Waals surface area contributed by atoms with Crippen LogP contribution in [0.5, 0.6) is 0 Å². The van der Waals surface area contributed by atoms with Crippen LogP contribution in [-0.4, -0.2) is 29.4 Å². The minimum absolute atomic E-state index is 0.307. The number of nitrogens with one attached hydrogen (secondary N) is 1. The van der Waals surface area contributed by atoms with Gasteiger partial charge in [-0.05, 0) is 20.8 Å². The van der Waals surface area contributed by atoms with E-state index in [0.717, 1.165) is 0 Å². The van der Waals surface area contributed by atoms with Crippen LogP contribution in [0.25, 0.3) is 0 Å². The van der Waals surface area contributed by atoms with Crippen molar-refractivity contribution in [3.05, 3.63) is 0 Å². The average molecular weight is 186 g/mol. The van der Waals surface area contributed by atoms with Crippen molar-refractivity contribution in [1.82, 2.24) is 5.32 Å². The maximum absolute atomic E-state index is 10.9. The lowest BCUT2D eigenvalue weighted by Crippen LogP contribution is -2.41. The summed E-state index contributed by atoms with van der Waals surface area (Å²) in [6.45, 7) is 5.09. The number of aliphatic hydroxyl groups is 1. The zero-order valence-corrected chi connectivity index (χ0v) is 8.00. The standard InChI is InChI=1S/C8H14N2O3/c1-8(2,3)10-7(12)13-5-6(11)4-9/h6,11H,5H2,1-3H3,(H,10,12). The maximum Gasteiger partial charge on any atom is 0.407 e. The molecule has 1 amide bonds. The molecule has 0 aliphatic heterocycles. The first-order valence-corrected chi connectivity index (χ1v) is 3.88. The molecule has 2 N–H and O–H groups in total. The van der Waals surface area contributed by atoms with E-state index in [4.69, 9.17) is 10.4 Å². The molecule has 0 aromatic heterocycles. The Balaban J connectivity index is 3.72. The Labute approximate surface area is 77.3 Å². The van der Waals surface area contributed by atoms with Crippen molar-refractivity contribution in [3.63, 3.8) is 0 Å². The highest BCUT2D eigenvalue weighted by atomic mass is 16.6. The Kier molecular flexibility index (Phi) is 4.21. The lowest BCUT2D eigenvalue weighted by atomic mass is 10.1. The summed E-state index contributed by atoms with van der Waals surface area (Å²) < 4.78 is 4.55. The second kappa shape index (κ2) is 4.67. The fraction of sp³-hybridized carbons (Fsp3) is 0.750. The van der Waals surface area contributed by atoms with Gasteiger partial charge in [-0.2, -0.15) is 5.26 Å². The molecule has 0 radical (unpaired) electrons. The van der Waals surface area contributed by atoms with Gasteiger partial charge in [-0.15, -0.1) is 0 Å². The molecule has 0 aromatic rings. The zero-order valence-electron chi connectivity index (χ0n) is 8.00. The first-order chi connectivity index (χ1) is 5.85. The zero-order chi connectivity index (χ0) is 10.5. The van der Waals surface area contributed by atoms with E-state index < -0.39 is 12.2 Å². The third-order valence-electron chi connectivity index (χ3n) is 0.998. The molecule has 0 rings (SSSR count). The number of carbonyl (C=O) groups is 1. The van der Waals surface area contributed by atoms with Gasteiger partial charge in [-0.25, -0.2) is 4.79 Å². The smallest absolute Gasteiger partial charge is 0.407 e. The quantitative estimate of drug-likeness (QED) is 0.611. The lowest BCUT2D eigenvalue weighted by molar-refractivity contribution is 0.0895. The Bertz CT molecular complexity index is 214. The number of hydrogen-bond acceptors (Lipinski definition) is 4. The third-order valence-corrected chi connectivity index (χ3v) is 0.998. The summed E-state index contributed by atoms with van der Waals surface area (Å²) in [6.07, 6.45) is -1.90. The van der Waals surface area contributed by atoms with Gasteiger partial charge in [0.15, 0.2) is 6.10 Å². The second-order valence-electron chi connectivity index (χ2n) is 3.62. The fourth-order valence-electron chi connectivity index (χ4n) is 0.534. The number of ether oxygens (including phenoxy) is 1. The Morgan fingerprint density at radius 3 is 2.62 bits per heavy atom. The normalized spacial score (nSPS) is 12.8. The van der Waals surface area contributed by atoms with Crippen LogP contribution in [0.3, 0.4) is 0 Å². The minimum Gasteiger partial charge on any atom is -0.446 e. The average Bonchev–Trinajstić information content (AvgIpc) is 1.97. The van der Waals surface area contributed by atoms with E-state index in [2.05, 4.69) is 10.1 Å². The number of hydrogen-bond donors (Lipinski definition) is 2. The van der Waals surface area contributed by atoms with Gasteiger partial charge in [0.25, 0.3) is 0 Å². The molecule has 0 aromatic carbocycles. The number of amides is 1. The largest absolute Gasteiger partial charge is 0.446 e. The molecule has 0 aliphatic carbocycles. The van der Waals surface area contributed by atoms with Gasteiger partial charge in [0.2, 0.25) is 0 Å². The van der Waals surface area contributed by atoms with Gasteiger partial charge < -0.3 is 15.2 Å². The molecule has 0 spiro atoms. The molecular formula is C8H14N2O3. The summed E-state index contributed by atoms with van der Waals surface area (Å²) >= 11 is 0. The van der Waals surface area contributed by atoms with Crippen LogP contribution in [0, 0.1) is 11.3 Å². The van der Waals surface area contributed by atoms with Gasteiger partial charge in [-0.1, -0.05) is 0 Å². The maximum atomic E-state index is 10.9. The van der Waals surface area contributed by atoms with Crippen molar-refractivity contribution in [3.8, 4) is 6.07 Å². The predicted molar refractivity (Wildman–Crippen MR) is 45.9 cm³/mol. The number of aliphatic hydroxyl groups excluding tert-OH is 1. The van der Waals surface area contributed by atoms with Gasteiger partial charge in [0, 0.05) is 5.54 Å². The number of nitriles is 1. The summed E-state index contributed by atoms with van der Waals surface area (Å²) in [5.41, 5.74) is -0.380. The molecule has 5 nitrogen and oxygen atoms in total. The number of carbonyl (C=O) groups excluding carboxylic acids is 1. The topological polar surface area (TPSA) is 82.3 Å². The van der Waals surface area contributed by atoms with E-state index in [0.29, 0.717) is 0 Å². The van der Waals surface area contributed by atoms with E-state index >= 15 is 0 Å². The summed E-state index contributed by atoms with van der Waals surface area (Å²) in [4.78, 5) is 10.9. The van der Waals surface area contributed by atoms with Crippen LogP contribution in [0.2, 0.25) is 0 Å². The Hall–Kier alpha value is -1.28. The van der Waals surface area contributed by atoms with Crippen molar-refractivity contribution >= 4 is 6.09 Å². The van der Waals surface area contributed by atoms with Crippen molar-refractivity contribution in [2.45, 2.75) is 32.4 Å². The second-order valence-corrected chi connectivity index (χ2v) is 3.62. The first-order valence-electron chi connectivity index (χ1n) is 3.88. The van der Waals surface area contributed by atoms with Gasteiger partial charge in [0.1, 0.15) is 6.61 Å². The molecule has 1 atom stereocenters. The van der Waals surface area contributed by atoms with Gasteiger partial charge >= 0.3 is 6.09 Å². The summed E-state index contributed by atoms with van der Waals surface area (Å²) in [7, 11) is 0. The van der Waals surface area contributed by atoms with Crippen molar-refractivity contribution in [2.24, 2.45) is 0 Å². The van der Waals surface area contributed by atoms with Crippen LogP contribution in [0.4, 0.5) is 4.79 Å². The SMILES string of the molecule is CC(C)(C)NC(=O)OCC(O)C#N. The number of rotatable bonds is 2. The molecule has 13 heavy (non-hydrogen) atoms. The highest BCUT2D eigenvalue weighted by Gasteiger charge is 2.15. The van der Waals surface area contributed by atoms with Crippen molar-refractivity contribution < 1.29 is 14.6 Å². The molecule has 1 unspecified atom stereocenters. The first kappa shape index (κ1) is 11.7. The molecule has 74 valence electrons. The lowest BCUT2D eigenvalue weighted by Gasteiger charge is -2.19. The summed E-state index contributed by atoms with van der Waals surface area (Å²) in [5.74, 6) is 0. The predicted octanol–water partition coefficient (Wildman–Crippen LogP) is 0.396. The van der Waals surface area contributed by atoms with Gasteiger partial charge in [0.05, 0.1) is 6.07 Å². The van der Waals surface area contributed by atoms with Crippen molar-refractivity contribution in [2.75, 3.05) is 6.61 Å². The molecule has 5 heteroatoms. The molecule has 0 saturated carbocycles. The molecule has 0 saturated heterocycles. The van der Waals surface area contributed by atoms with Crippen LogP contribution >= 0.6 is 0 Å². The van der Waals surface area contributed by atoms with Crippen LogP contribution in [0.1, 0.15) is 20.8 Å². The Morgan fingerprint density at radius 1 is 1.69 bits per heavy atom. The molecule has 0 bridgehead atoms. The van der Waals surface area contributed by atoms with E-state index in [1.54, 1.807) is 20.8 Å². The highest BCUT2D eigenvalue weighted by Crippen LogP contribution is 1.98. The number of alkyl carbamates (subject to hydrolysis) is 1. The summed E-state index contributed by atoms with van der Waals surface area (Å²) in [5, 5.41) is 19.4.